The van der Waals surface area contributed by atoms with Crippen molar-refractivity contribution in [1.82, 2.24) is 10.3 Å². The van der Waals surface area contributed by atoms with Crippen molar-refractivity contribution in [3.8, 4) is 6.07 Å². The Morgan fingerprint density at radius 3 is 2.44 bits per heavy atom. The fourth-order valence-electron chi connectivity index (χ4n) is 5.08. The average Bonchev–Trinajstić information content (AvgIpc) is 3.28. The van der Waals surface area contributed by atoms with Gasteiger partial charge in [0.1, 0.15) is 16.9 Å². The van der Waals surface area contributed by atoms with E-state index < -0.39 is 10.0 Å². The van der Waals surface area contributed by atoms with Gasteiger partial charge in [-0.1, -0.05) is 39.8 Å². The lowest BCUT2D eigenvalue weighted by Crippen LogP contribution is -2.45. The van der Waals surface area contributed by atoms with Crippen molar-refractivity contribution >= 4 is 39.0 Å². The lowest BCUT2D eigenvalue weighted by atomic mass is 9.95. The number of sulfonamides is 1. The number of nitrogens with zero attached hydrogens (tertiary/aromatic N) is 5. The number of piperidine rings is 1. The first-order chi connectivity index (χ1) is 18.6. The molecule has 0 aliphatic carbocycles. The lowest BCUT2D eigenvalue weighted by Gasteiger charge is -2.35. The third-order valence-electron chi connectivity index (χ3n) is 7.21. The third kappa shape index (κ3) is 6.87. The molecule has 8 nitrogen and oxygen atoms in total. The van der Waals surface area contributed by atoms with E-state index in [0.717, 1.165) is 43.6 Å². The number of pyridine rings is 1. The van der Waals surface area contributed by atoms with Gasteiger partial charge in [-0.05, 0) is 54.4 Å². The molecule has 2 fully saturated rings. The maximum absolute atomic E-state index is 12.2. The Labute approximate surface area is 237 Å². The van der Waals surface area contributed by atoms with Gasteiger partial charge in [0, 0.05) is 38.0 Å². The molecule has 0 atom stereocenters. The Balaban J connectivity index is 1.52. The zero-order chi connectivity index (χ0) is 28.2. The number of aromatic nitrogens is 1. The Bertz CT molecular complexity index is 1360. The zero-order valence-corrected chi connectivity index (χ0v) is 25.0. The zero-order valence-electron chi connectivity index (χ0n) is 23.3. The molecule has 2 saturated heterocycles. The van der Waals surface area contributed by atoms with E-state index >= 15 is 0 Å². The smallest absolute Gasteiger partial charge is 0.235 e. The third-order valence-corrected chi connectivity index (χ3v) is 10.1. The number of anilines is 2. The highest BCUT2D eigenvalue weighted by Gasteiger charge is 2.29. The normalized spacial score (nSPS) is 17.7. The van der Waals surface area contributed by atoms with Gasteiger partial charge in [0.05, 0.1) is 23.6 Å². The molecule has 1 N–H and O–H groups in total. The molecule has 3 heterocycles. The van der Waals surface area contributed by atoms with E-state index in [1.165, 1.54) is 16.1 Å². The summed E-state index contributed by atoms with van der Waals surface area (Å²) in [6.45, 7) is 19.7. The summed E-state index contributed by atoms with van der Waals surface area (Å²) in [4.78, 5) is 11.0. The molecule has 208 valence electrons. The van der Waals surface area contributed by atoms with Crippen LogP contribution in [0.4, 0.5) is 17.2 Å². The van der Waals surface area contributed by atoms with Crippen molar-refractivity contribution in [2.45, 2.75) is 70.2 Å². The molecular formula is C29H38N6O2S2. The van der Waals surface area contributed by atoms with Crippen molar-refractivity contribution in [2.75, 3.05) is 41.1 Å². The lowest BCUT2D eigenvalue weighted by molar-refractivity contribution is 0.324. The van der Waals surface area contributed by atoms with Gasteiger partial charge in [0.2, 0.25) is 15.7 Å². The van der Waals surface area contributed by atoms with Gasteiger partial charge < -0.3 is 10.2 Å². The van der Waals surface area contributed by atoms with E-state index in [2.05, 4.69) is 41.9 Å². The van der Waals surface area contributed by atoms with Gasteiger partial charge in [-0.3, -0.25) is 4.31 Å². The summed E-state index contributed by atoms with van der Waals surface area (Å²) >= 11 is 1.49. The molecule has 39 heavy (non-hydrogen) atoms. The minimum Gasteiger partial charge on any atom is -0.365 e. The predicted molar refractivity (Wildman–Crippen MR) is 159 cm³/mol. The molecule has 4 rings (SSSR count). The van der Waals surface area contributed by atoms with Crippen LogP contribution >= 0.6 is 11.8 Å². The predicted octanol–water partition coefficient (Wildman–Crippen LogP) is 5.50. The maximum atomic E-state index is 12.2. The quantitative estimate of drug-likeness (QED) is 0.333. The Kier molecular flexibility index (Phi) is 9.10. The Morgan fingerprint density at radius 2 is 1.90 bits per heavy atom. The van der Waals surface area contributed by atoms with E-state index in [1.54, 1.807) is 0 Å². The largest absolute Gasteiger partial charge is 0.365 e. The van der Waals surface area contributed by atoms with Crippen molar-refractivity contribution in [3.63, 3.8) is 0 Å². The molecule has 1 aromatic heterocycles. The van der Waals surface area contributed by atoms with Gasteiger partial charge >= 0.3 is 0 Å². The topological polar surface area (TPSA) is 93.7 Å². The van der Waals surface area contributed by atoms with Crippen LogP contribution in [0.25, 0.3) is 4.85 Å². The average molecular weight is 567 g/mol. The van der Waals surface area contributed by atoms with Crippen LogP contribution in [-0.4, -0.2) is 51.4 Å². The molecule has 1 aromatic carbocycles. The van der Waals surface area contributed by atoms with E-state index in [9.17, 15) is 13.7 Å². The minimum absolute atomic E-state index is 0.195. The standard InChI is InChI=1S/C29H38N6O2S2/c1-6-24-25(18-30)28(38-19-21-8-10-23(11-9-21)35-14-7-17-39(35,36)37)33-27(26(24)31-5)34-15-12-22(13-16-34)32-20-29(2,3)4/h8-11,22,32H,6-7,12-17,19-20H2,1-4H3. The highest BCUT2D eigenvalue weighted by molar-refractivity contribution is 7.98. The number of hydrogen-bond acceptors (Lipinski definition) is 7. The van der Waals surface area contributed by atoms with E-state index in [4.69, 9.17) is 11.6 Å². The monoisotopic (exact) mass is 566 g/mol. The number of benzene rings is 1. The first kappa shape index (κ1) is 29.2. The molecule has 0 amide bonds. The maximum Gasteiger partial charge on any atom is 0.235 e. The number of rotatable bonds is 8. The summed E-state index contributed by atoms with van der Waals surface area (Å²) < 4.78 is 26.0. The SMILES string of the molecule is [C-]#[N+]c1c(N2CCC(NCC(C)(C)C)CC2)nc(SCc2ccc(N3CCCS3(=O)=O)cc2)c(C#N)c1CC. The van der Waals surface area contributed by atoms with Gasteiger partial charge in [-0.2, -0.15) is 5.26 Å². The molecule has 0 bridgehead atoms. The molecule has 0 spiro atoms. The Morgan fingerprint density at radius 1 is 1.21 bits per heavy atom. The summed E-state index contributed by atoms with van der Waals surface area (Å²) in [6.07, 6.45) is 3.21. The van der Waals surface area contributed by atoms with Crippen LogP contribution in [0.1, 0.15) is 63.6 Å². The van der Waals surface area contributed by atoms with Crippen molar-refractivity contribution in [2.24, 2.45) is 5.41 Å². The molecule has 10 heteroatoms. The van der Waals surface area contributed by atoms with Crippen molar-refractivity contribution in [3.05, 3.63) is 52.4 Å². The molecule has 0 radical (unpaired) electrons. The van der Waals surface area contributed by atoms with Crippen LogP contribution in [0, 0.1) is 23.3 Å². The molecule has 0 saturated carbocycles. The second-order valence-electron chi connectivity index (χ2n) is 11.4. The summed E-state index contributed by atoms with van der Waals surface area (Å²) in [5, 5.41) is 14.4. The summed E-state index contributed by atoms with van der Waals surface area (Å²) in [5.74, 6) is 1.47. The van der Waals surface area contributed by atoms with Gasteiger partial charge in [0.15, 0.2) is 0 Å². The fourth-order valence-corrected chi connectivity index (χ4v) is 7.60. The summed E-state index contributed by atoms with van der Waals surface area (Å²) in [6, 6.07) is 10.3. The Hall–Kier alpha value is -2.79. The molecule has 0 unspecified atom stereocenters. The first-order valence-corrected chi connectivity index (χ1v) is 16.2. The van der Waals surface area contributed by atoms with Crippen LogP contribution < -0.4 is 14.5 Å². The highest BCUT2D eigenvalue weighted by atomic mass is 32.2. The van der Waals surface area contributed by atoms with Crippen LogP contribution in [0.15, 0.2) is 29.3 Å². The molecule has 2 aliphatic rings. The van der Waals surface area contributed by atoms with Gasteiger partial charge in [-0.25, -0.2) is 18.2 Å². The van der Waals surface area contributed by atoms with Crippen molar-refractivity contribution in [1.29, 1.82) is 5.26 Å². The second kappa shape index (κ2) is 12.2. The van der Waals surface area contributed by atoms with E-state index in [-0.39, 0.29) is 11.2 Å². The minimum atomic E-state index is -3.21. The fraction of sp³-hybridized carbons (Fsp3) is 0.552. The van der Waals surface area contributed by atoms with Crippen LogP contribution in [-0.2, 0) is 22.2 Å². The number of nitriles is 1. The number of hydrogen-bond donors (Lipinski definition) is 1. The summed E-state index contributed by atoms with van der Waals surface area (Å²) in [5.41, 5.74) is 3.69. The first-order valence-electron chi connectivity index (χ1n) is 13.6. The number of thioether (sulfide) groups is 1. The van der Waals surface area contributed by atoms with E-state index in [1.807, 2.05) is 31.2 Å². The molecular weight excluding hydrogens is 528 g/mol. The molecule has 2 aliphatic heterocycles. The van der Waals surface area contributed by atoms with Gasteiger partial charge in [0.25, 0.3) is 0 Å². The number of nitrogens with one attached hydrogen (secondary N) is 1. The highest BCUT2D eigenvalue weighted by Crippen LogP contribution is 2.40. The summed E-state index contributed by atoms with van der Waals surface area (Å²) in [7, 11) is -3.21. The van der Waals surface area contributed by atoms with E-state index in [0.29, 0.717) is 59.0 Å². The van der Waals surface area contributed by atoms with Gasteiger partial charge in [-0.15, -0.1) is 11.8 Å². The second-order valence-corrected chi connectivity index (χ2v) is 14.4. The van der Waals surface area contributed by atoms with Crippen LogP contribution in [0.5, 0.6) is 0 Å². The van der Waals surface area contributed by atoms with Crippen molar-refractivity contribution < 1.29 is 8.42 Å². The van der Waals surface area contributed by atoms with Crippen LogP contribution in [0.3, 0.4) is 0 Å². The molecule has 2 aromatic rings. The van der Waals surface area contributed by atoms with Crippen LogP contribution in [0.2, 0.25) is 0 Å².